The Morgan fingerprint density at radius 1 is 0.971 bits per heavy atom. The standard InChI is InChI=1S/C24H20F4N2O4/c1-13-3-7-17(8-4-13)34-14(2)22(32)29-16-6-10-20(21(31)12-16)30-23(33)15-5-9-19(25)18(11-15)24(26,27)28/h3-12,14,31H,1-2H3,(H,29,32)(H,30,33). The zero-order valence-electron chi connectivity index (χ0n) is 18.0. The normalized spacial score (nSPS) is 12.1. The van der Waals surface area contributed by atoms with Crippen LogP contribution in [0.3, 0.4) is 0 Å². The first kappa shape index (κ1) is 24.6. The molecular weight excluding hydrogens is 456 g/mol. The van der Waals surface area contributed by atoms with Crippen LogP contribution in [0.15, 0.2) is 60.7 Å². The van der Waals surface area contributed by atoms with Crippen LogP contribution in [0.5, 0.6) is 11.5 Å². The van der Waals surface area contributed by atoms with Gasteiger partial charge in [-0.05, 0) is 56.3 Å². The summed E-state index contributed by atoms with van der Waals surface area (Å²) in [5, 5.41) is 15.0. The van der Waals surface area contributed by atoms with E-state index in [0.717, 1.165) is 17.7 Å². The van der Waals surface area contributed by atoms with E-state index >= 15 is 0 Å². The minimum atomic E-state index is -4.97. The Labute approximate surface area is 192 Å². The van der Waals surface area contributed by atoms with E-state index < -0.39 is 46.8 Å². The molecule has 1 atom stereocenters. The highest BCUT2D eigenvalue weighted by Gasteiger charge is 2.34. The van der Waals surface area contributed by atoms with Gasteiger partial charge < -0.3 is 20.5 Å². The molecule has 0 radical (unpaired) electrons. The molecule has 3 rings (SSSR count). The van der Waals surface area contributed by atoms with Gasteiger partial charge in [-0.2, -0.15) is 13.2 Å². The van der Waals surface area contributed by atoms with Crippen LogP contribution in [0.2, 0.25) is 0 Å². The number of aryl methyl sites for hydroxylation is 1. The first-order valence-electron chi connectivity index (χ1n) is 9.99. The van der Waals surface area contributed by atoms with Crippen molar-refractivity contribution >= 4 is 23.2 Å². The molecule has 2 amide bonds. The number of carbonyl (C=O) groups excluding carboxylic acids is 2. The number of hydrogen-bond acceptors (Lipinski definition) is 4. The summed E-state index contributed by atoms with van der Waals surface area (Å²) in [5.41, 5.74) is -0.921. The number of anilines is 2. The van der Waals surface area contributed by atoms with Gasteiger partial charge in [0.25, 0.3) is 11.8 Å². The highest BCUT2D eigenvalue weighted by Crippen LogP contribution is 2.32. The molecule has 178 valence electrons. The molecule has 10 heteroatoms. The second kappa shape index (κ2) is 9.82. The second-order valence-electron chi connectivity index (χ2n) is 7.44. The molecule has 0 bridgehead atoms. The van der Waals surface area contributed by atoms with Crippen molar-refractivity contribution in [3.8, 4) is 11.5 Å². The molecule has 34 heavy (non-hydrogen) atoms. The van der Waals surface area contributed by atoms with Gasteiger partial charge in [0.05, 0.1) is 11.3 Å². The van der Waals surface area contributed by atoms with Crippen molar-refractivity contribution < 1.29 is 37.0 Å². The maximum atomic E-state index is 13.4. The van der Waals surface area contributed by atoms with Gasteiger partial charge in [-0.1, -0.05) is 17.7 Å². The van der Waals surface area contributed by atoms with Gasteiger partial charge in [-0.3, -0.25) is 9.59 Å². The zero-order chi connectivity index (χ0) is 25.0. The molecule has 0 aliphatic rings. The van der Waals surface area contributed by atoms with Crippen molar-refractivity contribution in [3.63, 3.8) is 0 Å². The van der Waals surface area contributed by atoms with Crippen LogP contribution in [0.1, 0.15) is 28.4 Å². The van der Waals surface area contributed by atoms with Crippen LogP contribution < -0.4 is 15.4 Å². The number of rotatable bonds is 6. The first-order valence-corrected chi connectivity index (χ1v) is 9.99. The number of amides is 2. The number of hydrogen-bond donors (Lipinski definition) is 3. The largest absolute Gasteiger partial charge is 0.506 e. The van der Waals surface area contributed by atoms with Crippen LogP contribution in [-0.2, 0) is 11.0 Å². The summed E-state index contributed by atoms with van der Waals surface area (Å²) in [7, 11) is 0. The fourth-order valence-corrected chi connectivity index (χ4v) is 2.91. The lowest BCUT2D eigenvalue weighted by Crippen LogP contribution is -2.30. The monoisotopic (exact) mass is 476 g/mol. The molecule has 1 unspecified atom stereocenters. The van der Waals surface area contributed by atoms with E-state index in [-0.39, 0.29) is 11.4 Å². The first-order chi connectivity index (χ1) is 15.9. The molecule has 0 saturated carbocycles. The Morgan fingerprint density at radius 3 is 2.26 bits per heavy atom. The van der Waals surface area contributed by atoms with E-state index in [4.69, 9.17) is 4.74 Å². The van der Waals surface area contributed by atoms with Gasteiger partial charge in [-0.25, -0.2) is 4.39 Å². The summed E-state index contributed by atoms with van der Waals surface area (Å²) in [6, 6.07) is 12.7. The summed E-state index contributed by atoms with van der Waals surface area (Å²) < 4.78 is 57.6. The molecular formula is C24H20F4N2O4. The molecule has 3 N–H and O–H groups in total. The zero-order valence-corrected chi connectivity index (χ0v) is 18.0. The van der Waals surface area contributed by atoms with Crippen LogP contribution in [0, 0.1) is 12.7 Å². The number of nitrogens with one attached hydrogen (secondary N) is 2. The quantitative estimate of drug-likeness (QED) is 0.323. The summed E-state index contributed by atoms with van der Waals surface area (Å²) in [6.07, 6.45) is -5.83. The smallest absolute Gasteiger partial charge is 0.419 e. The summed E-state index contributed by atoms with van der Waals surface area (Å²) in [6.45, 7) is 3.46. The highest BCUT2D eigenvalue weighted by atomic mass is 19.4. The van der Waals surface area contributed by atoms with Crippen LogP contribution in [-0.4, -0.2) is 23.0 Å². The molecule has 3 aromatic rings. The lowest BCUT2D eigenvalue weighted by atomic mass is 10.1. The third-order valence-corrected chi connectivity index (χ3v) is 4.75. The van der Waals surface area contributed by atoms with Crippen molar-refractivity contribution in [1.29, 1.82) is 0 Å². The summed E-state index contributed by atoms with van der Waals surface area (Å²) in [5.74, 6) is -2.94. The number of phenolic OH excluding ortho intramolecular Hbond substituents is 1. The predicted molar refractivity (Wildman–Crippen MR) is 117 cm³/mol. The number of alkyl halides is 3. The lowest BCUT2D eigenvalue weighted by Gasteiger charge is -2.16. The van der Waals surface area contributed by atoms with Crippen LogP contribution in [0.4, 0.5) is 28.9 Å². The van der Waals surface area contributed by atoms with E-state index in [0.29, 0.717) is 17.9 Å². The Morgan fingerprint density at radius 2 is 1.65 bits per heavy atom. The molecule has 6 nitrogen and oxygen atoms in total. The Kier molecular flexibility index (Phi) is 7.09. The van der Waals surface area contributed by atoms with Crippen molar-refractivity contribution in [3.05, 3.63) is 83.2 Å². The predicted octanol–water partition coefficient (Wildman–Crippen LogP) is 5.52. The molecule has 0 saturated heterocycles. The summed E-state index contributed by atoms with van der Waals surface area (Å²) in [4.78, 5) is 24.7. The van der Waals surface area contributed by atoms with E-state index in [9.17, 15) is 32.3 Å². The number of benzene rings is 3. The van der Waals surface area contributed by atoms with E-state index in [1.54, 1.807) is 19.1 Å². The lowest BCUT2D eigenvalue weighted by molar-refractivity contribution is -0.140. The third-order valence-electron chi connectivity index (χ3n) is 4.75. The number of aromatic hydroxyl groups is 1. The topological polar surface area (TPSA) is 87.7 Å². The van der Waals surface area contributed by atoms with Crippen LogP contribution >= 0.6 is 0 Å². The molecule has 0 aromatic heterocycles. The fourth-order valence-electron chi connectivity index (χ4n) is 2.91. The maximum Gasteiger partial charge on any atom is 0.419 e. The molecule has 0 heterocycles. The Balaban J connectivity index is 1.66. The molecule has 0 fully saturated rings. The van der Waals surface area contributed by atoms with Crippen molar-refractivity contribution in [2.24, 2.45) is 0 Å². The average Bonchev–Trinajstić information content (AvgIpc) is 2.76. The maximum absolute atomic E-state index is 13.4. The third kappa shape index (κ3) is 6.03. The van der Waals surface area contributed by atoms with Gasteiger partial charge in [0.1, 0.15) is 17.3 Å². The minimum Gasteiger partial charge on any atom is -0.506 e. The van der Waals surface area contributed by atoms with Gasteiger partial charge in [0.2, 0.25) is 0 Å². The molecule has 0 spiro atoms. The van der Waals surface area contributed by atoms with E-state index in [2.05, 4.69) is 10.6 Å². The van der Waals surface area contributed by atoms with Gasteiger partial charge in [0.15, 0.2) is 6.10 Å². The number of halogens is 4. The van der Waals surface area contributed by atoms with Crippen LogP contribution in [0.25, 0.3) is 0 Å². The Hall–Kier alpha value is -4.08. The van der Waals surface area contributed by atoms with Crippen molar-refractivity contribution in [1.82, 2.24) is 0 Å². The Bertz CT molecular complexity index is 1210. The van der Waals surface area contributed by atoms with Crippen molar-refractivity contribution in [2.45, 2.75) is 26.1 Å². The number of phenols is 1. The fraction of sp³-hybridized carbons (Fsp3) is 0.167. The van der Waals surface area contributed by atoms with Crippen molar-refractivity contribution in [2.75, 3.05) is 10.6 Å². The molecule has 3 aromatic carbocycles. The average molecular weight is 476 g/mol. The van der Waals surface area contributed by atoms with Gasteiger partial charge >= 0.3 is 6.18 Å². The molecule has 0 aliphatic carbocycles. The summed E-state index contributed by atoms with van der Waals surface area (Å²) >= 11 is 0. The number of ether oxygens (including phenoxy) is 1. The van der Waals surface area contributed by atoms with E-state index in [1.165, 1.54) is 12.1 Å². The molecule has 0 aliphatic heterocycles. The number of carbonyl (C=O) groups is 2. The van der Waals surface area contributed by atoms with E-state index in [1.807, 2.05) is 19.1 Å². The minimum absolute atomic E-state index is 0.121. The highest BCUT2D eigenvalue weighted by molar-refractivity contribution is 6.05. The van der Waals surface area contributed by atoms with Gasteiger partial charge in [0, 0.05) is 17.3 Å². The van der Waals surface area contributed by atoms with Gasteiger partial charge in [-0.15, -0.1) is 0 Å². The second-order valence-corrected chi connectivity index (χ2v) is 7.44. The SMILES string of the molecule is Cc1ccc(OC(C)C(=O)Nc2ccc(NC(=O)c3ccc(F)c(C(F)(F)F)c3)c(O)c2)cc1.